The molecule has 7 nitrogen and oxygen atoms in total. The molecule has 5 rings (SSSR count). The fraction of sp³-hybridized carbons (Fsp3) is 0.125. The third-order valence-electron chi connectivity index (χ3n) is 5.26. The molecule has 1 N–H and O–H groups in total. The molecular formula is C24H20N4O3. The van der Waals surface area contributed by atoms with E-state index in [0.29, 0.717) is 22.9 Å². The number of para-hydroxylation sites is 2. The SMILES string of the molecule is CC(=O)N1C[C@H](C(=O)Nc2c(-c3ccccc3)nc3ccccn23)Oc2ccccc21. The van der Waals surface area contributed by atoms with Crippen molar-refractivity contribution in [1.82, 2.24) is 9.38 Å². The summed E-state index contributed by atoms with van der Waals surface area (Å²) < 4.78 is 7.78. The number of hydrogen-bond acceptors (Lipinski definition) is 4. The van der Waals surface area contributed by atoms with Crippen molar-refractivity contribution in [2.45, 2.75) is 13.0 Å². The number of rotatable bonds is 3. The Hall–Kier alpha value is -4.13. The van der Waals surface area contributed by atoms with E-state index in [2.05, 4.69) is 5.32 Å². The highest BCUT2D eigenvalue weighted by Gasteiger charge is 2.33. The molecule has 0 radical (unpaired) electrons. The lowest BCUT2D eigenvalue weighted by atomic mass is 10.1. The lowest BCUT2D eigenvalue weighted by Gasteiger charge is -2.33. The second kappa shape index (κ2) is 7.60. The van der Waals surface area contributed by atoms with Gasteiger partial charge in [0, 0.05) is 18.7 Å². The molecule has 0 bridgehead atoms. The van der Waals surface area contributed by atoms with E-state index in [9.17, 15) is 9.59 Å². The van der Waals surface area contributed by atoms with Crippen LogP contribution in [0.4, 0.5) is 11.5 Å². The van der Waals surface area contributed by atoms with E-state index in [1.165, 1.54) is 6.92 Å². The zero-order valence-corrected chi connectivity index (χ0v) is 16.9. The molecule has 154 valence electrons. The van der Waals surface area contributed by atoms with Crippen LogP contribution in [0, 0.1) is 0 Å². The highest BCUT2D eigenvalue weighted by Crippen LogP contribution is 2.34. The normalized spacial score (nSPS) is 15.3. The Balaban J connectivity index is 1.51. The molecule has 3 heterocycles. The second-order valence-corrected chi connectivity index (χ2v) is 7.30. The van der Waals surface area contributed by atoms with E-state index < -0.39 is 6.10 Å². The second-order valence-electron chi connectivity index (χ2n) is 7.30. The van der Waals surface area contributed by atoms with Gasteiger partial charge in [-0.1, -0.05) is 48.5 Å². The van der Waals surface area contributed by atoms with E-state index in [-0.39, 0.29) is 18.4 Å². The van der Waals surface area contributed by atoms with Crippen molar-refractivity contribution in [3.05, 3.63) is 79.0 Å². The summed E-state index contributed by atoms with van der Waals surface area (Å²) in [5, 5.41) is 2.99. The van der Waals surface area contributed by atoms with Crippen LogP contribution in [0.25, 0.3) is 16.9 Å². The number of carbonyl (C=O) groups excluding carboxylic acids is 2. The highest BCUT2D eigenvalue weighted by molar-refractivity contribution is 6.01. The van der Waals surface area contributed by atoms with Crippen molar-refractivity contribution in [2.24, 2.45) is 0 Å². The molecule has 1 aliphatic rings. The predicted molar refractivity (Wildman–Crippen MR) is 118 cm³/mol. The summed E-state index contributed by atoms with van der Waals surface area (Å²) in [6.07, 6.45) is 1.00. The third kappa shape index (κ3) is 3.40. The van der Waals surface area contributed by atoms with Crippen molar-refractivity contribution < 1.29 is 14.3 Å². The van der Waals surface area contributed by atoms with Gasteiger partial charge in [0.15, 0.2) is 6.10 Å². The maximum absolute atomic E-state index is 13.3. The van der Waals surface area contributed by atoms with E-state index in [1.54, 1.807) is 11.0 Å². The fourth-order valence-corrected chi connectivity index (χ4v) is 3.78. The molecule has 0 saturated carbocycles. The predicted octanol–water partition coefficient (Wildman–Crippen LogP) is 3.75. The Kier molecular flexibility index (Phi) is 4.63. The molecule has 7 heteroatoms. The molecule has 1 atom stereocenters. The molecule has 0 unspecified atom stereocenters. The lowest BCUT2D eigenvalue weighted by molar-refractivity contribution is -0.123. The maximum atomic E-state index is 13.3. The molecule has 31 heavy (non-hydrogen) atoms. The van der Waals surface area contributed by atoms with Crippen LogP contribution in [0.15, 0.2) is 79.0 Å². The van der Waals surface area contributed by atoms with Gasteiger partial charge >= 0.3 is 0 Å². The van der Waals surface area contributed by atoms with Gasteiger partial charge < -0.3 is 15.0 Å². The molecule has 0 spiro atoms. The van der Waals surface area contributed by atoms with Gasteiger partial charge in [0.2, 0.25) is 5.91 Å². The van der Waals surface area contributed by atoms with Gasteiger partial charge in [-0.25, -0.2) is 4.98 Å². The van der Waals surface area contributed by atoms with E-state index in [0.717, 1.165) is 11.2 Å². The Bertz CT molecular complexity index is 1280. The number of carbonyl (C=O) groups is 2. The minimum atomic E-state index is -0.850. The number of imidazole rings is 1. The van der Waals surface area contributed by atoms with E-state index in [1.807, 2.05) is 77.3 Å². The first-order valence-electron chi connectivity index (χ1n) is 9.99. The summed E-state index contributed by atoms with van der Waals surface area (Å²) in [6, 6.07) is 22.6. The van der Waals surface area contributed by atoms with Crippen LogP contribution in [0.2, 0.25) is 0 Å². The van der Waals surface area contributed by atoms with Crippen molar-refractivity contribution in [3.63, 3.8) is 0 Å². The van der Waals surface area contributed by atoms with Crippen molar-refractivity contribution in [2.75, 3.05) is 16.8 Å². The molecule has 1 aliphatic heterocycles. The maximum Gasteiger partial charge on any atom is 0.268 e. The number of anilines is 2. The Labute approximate surface area is 178 Å². The van der Waals surface area contributed by atoms with Gasteiger partial charge in [-0.2, -0.15) is 0 Å². The summed E-state index contributed by atoms with van der Waals surface area (Å²) in [5.74, 6) is 0.575. The first-order chi connectivity index (χ1) is 15.1. The topological polar surface area (TPSA) is 75.9 Å². The number of ether oxygens (including phenoxy) is 1. The zero-order valence-electron chi connectivity index (χ0n) is 16.9. The Morgan fingerprint density at radius 2 is 1.74 bits per heavy atom. The van der Waals surface area contributed by atoms with Crippen molar-refractivity contribution in [3.8, 4) is 17.0 Å². The number of fused-ring (bicyclic) bond motifs is 2. The molecule has 0 fully saturated rings. The van der Waals surface area contributed by atoms with E-state index >= 15 is 0 Å². The van der Waals surface area contributed by atoms with E-state index in [4.69, 9.17) is 9.72 Å². The minimum Gasteiger partial charge on any atom is -0.476 e. The van der Waals surface area contributed by atoms with Crippen LogP contribution < -0.4 is 15.0 Å². The number of pyridine rings is 1. The number of aromatic nitrogens is 2. The van der Waals surface area contributed by atoms with Crippen molar-refractivity contribution in [1.29, 1.82) is 0 Å². The fourth-order valence-electron chi connectivity index (χ4n) is 3.78. The summed E-state index contributed by atoms with van der Waals surface area (Å²) in [5.41, 5.74) is 2.94. The van der Waals surface area contributed by atoms with Crippen LogP contribution in [-0.2, 0) is 9.59 Å². The van der Waals surface area contributed by atoms with Crippen LogP contribution >= 0.6 is 0 Å². The first kappa shape index (κ1) is 18.9. The summed E-state index contributed by atoms with van der Waals surface area (Å²) in [4.78, 5) is 31.7. The molecular weight excluding hydrogens is 392 g/mol. The molecule has 2 amide bonds. The molecule has 2 aromatic heterocycles. The average Bonchev–Trinajstić information content (AvgIpc) is 3.17. The molecule has 4 aromatic rings. The highest BCUT2D eigenvalue weighted by atomic mass is 16.5. The van der Waals surface area contributed by atoms with Crippen LogP contribution in [0.1, 0.15) is 6.92 Å². The van der Waals surface area contributed by atoms with Crippen LogP contribution in [0.3, 0.4) is 0 Å². The molecule has 0 aliphatic carbocycles. The number of nitrogens with zero attached hydrogens (tertiary/aromatic N) is 3. The monoisotopic (exact) mass is 412 g/mol. The first-order valence-corrected chi connectivity index (χ1v) is 9.99. The van der Waals surface area contributed by atoms with Crippen molar-refractivity contribution >= 4 is 29.0 Å². The van der Waals surface area contributed by atoms with Gasteiger partial charge in [-0.05, 0) is 24.3 Å². The number of hydrogen-bond donors (Lipinski definition) is 1. The number of nitrogens with one attached hydrogen (secondary N) is 1. The van der Waals surface area contributed by atoms with Gasteiger partial charge in [0.1, 0.15) is 22.9 Å². The van der Waals surface area contributed by atoms with Gasteiger partial charge in [0.25, 0.3) is 5.91 Å². The van der Waals surface area contributed by atoms with Crippen LogP contribution in [0.5, 0.6) is 5.75 Å². The molecule has 2 aromatic carbocycles. The smallest absolute Gasteiger partial charge is 0.268 e. The van der Waals surface area contributed by atoms with Crippen LogP contribution in [-0.4, -0.2) is 33.8 Å². The summed E-state index contributed by atoms with van der Waals surface area (Å²) in [6.45, 7) is 1.62. The standard InChI is InChI=1S/C24H20N4O3/c1-16(29)28-15-20(31-19-12-6-5-11-18(19)28)24(30)26-23-22(17-9-3-2-4-10-17)25-21-13-7-8-14-27(21)23/h2-14,20H,15H2,1H3,(H,26,30)/t20-/m1/s1. The number of amides is 2. The Morgan fingerprint density at radius 1 is 1.00 bits per heavy atom. The minimum absolute atomic E-state index is 0.135. The van der Waals surface area contributed by atoms with Gasteiger partial charge in [-0.15, -0.1) is 0 Å². The quantitative estimate of drug-likeness (QED) is 0.556. The Morgan fingerprint density at radius 3 is 2.55 bits per heavy atom. The summed E-state index contributed by atoms with van der Waals surface area (Å²) in [7, 11) is 0. The average molecular weight is 412 g/mol. The van der Waals surface area contributed by atoms with Gasteiger partial charge in [0.05, 0.1) is 12.2 Å². The zero-order chi connectivity index (χ0) is 21.4. The third-order valence-corrected chi connectivity index (χ3v) is 5.26. The van der Waals surface area contributed by atoms with Gasteiger partial charge in [-0.3, -0.25) is 14.0 Å². The lowest BCUT2D eigenvalue weighted by Crippen LogP contribution is -2.48. The number of benzene rings is 2. The largest absolute Gasteiger partial charge is 0.476 e. The molecule has 0 saturated heterocycles. The summed E-state index contributed by atoms with van der Waals surface area (Å²) >= 11 is 0.